The predicted molar refractivity (Wildman–Crippen MR) is 134 cm³/mol. The fraction of sp³-hybridized carbons (Fsp3) is 0.143. The van der Waals surface area contributed by atoms with Crippen LogP contribution in [0.2, 0.25) is 0 Å². The molecule has 0 saturated heterocycles. The molecule has 0 spiro atoms. The molecular formula is C28H24N2O2S. The van der Waals surface area contributed by atoms with E-state index in [4.69, 9.17) is 9.40 Å². The first-order valence-electron chi connectivity index (χ1n) is 11.1. The van der Waals surface area contributed by atoms with Gasteiger partial charge in [0.05, 0.1) is 23.0 Å². The Balaban J connectivity index is 1.44. The molecule has 0 bridgehead atoms. The Morgan fingerprint density at radius 3 is 2.39 bits per heavy atom. The first kappa shape index (κ1) is 21.2. The van der Waals surface area contributed by atoms with Crippen LogP contribution in [0.4, 0.5) is 5.13 Å². The molecule has 0 saturated carbocycles. The number of furan rings is 1. The zero-order valence-corrected chi connectivity index (χ0v) is 19.2. The van der Waals surface area contributed by atoms with Crippen LogP contribution in [-0.4, -0.2) is 10.9 Å². The number of hydrogen-bond acceptors (Lipinski definition) is 4. The lowest BCUT2D eigenvalue weighted by Crippen LogP contribution is -2.30. The molecule has 0 atom stereocenters. The molecule has 4 nitrogen and oxygen atoms in total. The summed E-state index contributed by atoms with van der Waals surface area (Å²) in [6, 6.07) is 28.2. The van der Waals surface area contributed by atoms with Gasteiger partial charge in [-0.2, -0.15) is 0 Å². The number of fused-ring (bicyclic) bond motifs is 1. The van der Waals surface area contributed by atoms with Crippen molar-refractivity contribution in [3.05, 3.63) is 119 Å². The van der Waals surface area contributed by atoms with E-state index in [1.54, 1.807) is 11.2 Å². The molecule has 0 aliphatic heterocycles. The highest BCUT2D eigenvalue weighted by Crippen LogP contribution is 2.32. The second kappa shape index (κ2) is 9.43. The molecule has 164 valence electrons. The van der Waals surface area contributed by atoms with Crippen LogP contribution in [-0.2, 0) is 19.4 Å². The Hall–Kier alpha value is -3.70. The van der Waals surface area contributed by atoms with E-state index < -0.39 is 0 Å². The number of nitrogens with zero attached hydrogens (tertiary/aromatic N) is 2. The van der Waals surface area contributed by atoms with Crippen molar-refractivity contribution in [1.82, 2.24) is 4.98 Å². The van der Waals surface area contributed by atoms with Crippen LogP contribution in [0.1, 0.15) is 39.7 Å². The highest BCUT2D eigenvalue weighted by Gasteiger charge is 2.23. The fourth-order valence-electron chi connectivity index (χ4n) is 3.83. The number of thiazole rings is 1. The quantitative estimate of drug-likeness (QED) is 0.270. The van der Waals surface area contributed by atoms with E-state index in [1.807, 2.05) is 60.7 Å². The van der Waals surface area contributed by atoms with E-state index in [0.29, 0.717) is 17.2 Å². The molecule has 33 heavy (non-hydrogen) atoms. The van der Waals surface area contributed by atoms with Gasteiger partial charge in [0.1, 0.15) is 5.76 Å². The van der Waals surface area contributed by atoms with Crippen LogP contribution in [0.5, 0.6) is 0 Å². The third-order valence-electron chi connectivity index (χ3n) is 5.67. The summed E-state index contributed by atoms with van der Waals surface area (Å²) in [4.78, 5) is 20.1. The summed E-state index contributed by atoms with van der Waals surface area (Å²) in [5, 5.41) is 0.674. The Morgan fingerprint density at radius 2 is 1.67 bits per heavy atom. The van der Waals surface area contributed by atoms with E-state index >= 15 is 0 Å². The van der Waals surface area contributed by atoms with E-state index in [2.05, 4.69) is 31.2 Å². The molecule has 2 heterocycles. The Kier molecular flexibility index (Phi) is 6.05. The molecule has 1 amide bonds. The van der Waals surface area contributed by atoms with Gasteiger partial charge in [-0.3, -0.25) is 9.69 Å². The molecule has 0 radical (unpaired) electrons. The molecule has 0 N–H and O–H groups in total. The van der Waals surface area contributed by atoms with Gasteiger partial charge < -0.3 is 4.42 Å². The molecule has 0 aliphatic carbocycles. The average molecular weight is 453 g/mol. The highest BCUT2D eigenvalue weighted by atomic mass is 32.1. The summed E-state index contributed by atoms with van der Waals surface area (Å²) in [6.45, 7) is 2.47. The maximum atomic E-state index is 13.6. The fourth-order valence-corrected chi connectivity index (χ4v) is 4.86. The lowest BCUT2D eigenvalue weighted by molar-refractivity contribution is 0.0983. The van der Waals surface area contributed by atoms with Gasteiger partial charge in [0.25, 0.3) is 5.91 Å². The van der Waals surface area contributed by atoms with Crippen molar-refractivity contribution in [3.63, 3.8) is 0 Å². The average Bonchev–Trinajstić information content (AvgIpc) is 3.52. The van der Waals surface area contributed by atoms with Crippen LogP contribution in [0.3, 0.4) is 0 Å². The van der Waals surface area contributed by atoms with Gasteiger partial charge >= 0.3 is 0 Å². The maximum Gasteiger partial charge on any atom is 0.260 e. The minimum absolute atomic E-state index is 0.0903. The normalized spacial score (nSPS) is 11.1. The van der Waals surface area contributed by atoms with Crippen LogP contribution < -0.4 is 4.90 Å². The zero-order chi connectivity index (χ0) is 22.6. The topological polar surface area (TPSA) is 46.3 Å². The largest absolute Gasteiger partial charge is 0.467 e. The summed E-state index contributed by atoms with van der Waals surface area (Å²) < 4.78 is 6.63. The van der Waals surface area contributed by atoms with Crippen molar-refractivity contribution >= 4 is 32.6 Å². The molecular weight excluding hydrogens is 428 g/mol. The van der Waals surface area contributed by atoms with Gasteiger partial charge in [0.15, 0.2) is 5.13 Å². The number of carbonyl (C=O) groups excluding carboxylic acids is 1. The van der Waals surface area contributed by atoms with Gasteiger partial charge in [-0.25, -0.2) is 4.98 Å². The Bertz CT molecular complexity index is 1360. The van der Waals surface area contributed by atoms with Gasteiger partial charge in [-0.1, -0.05) is 66.8 Å². The van der Waals surface area contributed by atoms with Crippen molar-refractivity contribution in [2.24, 2.45) is 0 Å². The smallest absolute Gasteiger partial charge is 0.260 e. The highest BCUT2D eigenvalue weighted by molar-refractivity contribution is 7.22. The third kappa shape index (κ3) is 4.73. The van der Waals surface area contributed by atoms with Crippen LogP contribution in [0, 0.1) is 0 Å². The first-order chi connectivity index (χ1) is 16.2. The van der Waals surface area contributed by atoms with Crippen molar-refractivity contribution in [3.8, 4) is 0 Å². The lowest BCUT2D eigenvalue weighted by Gasteiger charge is -2.19. The zero-order valence-electron chi connectivity index (χ0n) is 18.4. The molecule has 0 unspecified atom stereocenters. The number of amides is 1. The number of aryl methyl sites for hydroxylation is 1. The van der Waals surface area contributed by atoms with Crippen LogP contribution in [0.15, 0.2) is 95.6 Å². The SMILES string of the molecule is CCc1ccc2nc(N(Cc3ccco3)C(=O)c3ccc(Cc4ccccc4)cc3)sc2c1. The summed E-state index contributed by atoms with van der Waals surface area (Å²) in [6.07, 6.45) is 3.43. The molecule has 3 aromatic carbocycles. The van der Waals surface area contributed by atoms with Crippen LogP contribution in [0.25, 0.3) is 10.2 Å². The van der Waals surface area contributed by atoms with E-state index in [0.717, 1.165) is 28.8 Å². The van der Waals surface area contributed by atoms with Crippen molar-refractivity contribution in [2.45, 2.75) is 26.3 Å². The minimum atomic E-state index is -0.0903. The standard InChI is InChI=1S/C28H24N2O2S/c1-2-20-12-15-25-26(18-20)33-28(29-25)30(19-24-9-6-16-32-24)27(31)23-13-10-22(11-14-23)17-21-7-4-3-5-8-21/h3-16,18H,2,17,19H2,1H3. The third-order valence-corrected chi connectivity index (χ3v) is 6.71. The second-order valence-electron chi connectivity index (χ2n) is 7.98. The van der Waals surface area contributed by atoms with E-state index in [1.165, 1.54) is 28.0 Å². The van der Waals surface area contributed by atoms with Gasteiger partial charge in [0, 0.05) is 5.56 Å². The van der Waals surface area contributed by atoms with E-state index in [9.17, 15) is 4.79 Å². The monoisotopic (exact) mass is 452 g/mol. The molecule has 0 fully saturated rings. The molecule has 5 heteroatoms. The van der Waals surface area contributed by atoms with Crippen LogP contribution >= 0.6 is 11.3 Å². The molecule has 0 aliphatic rings. The number of aromatic nitrogens is 1. The van der Waals surface area contributed by atoms with Crippen molar-refractivity contribution < 1.29 is 9.21 Å². The van der Waals surface area contributed by atoms with Gasteiger partial charge in [0.2, 0.25) is 0 Å². The molecule has 5 aromatic rings. The summed E-state index contributed by atoms with van der Waals surface area (Å²) in [7, 11) is 0. The molecule has 2 aromatic heterocycles. The minimum Gasteiger partial charge on any atom is -0.467 e. The Morgan fingerprint density at radius 1 is 0.909 bits per heavy atom. The van der Waals surface area contributed by atoms with Gasteiger partial charge in [-0.05, 0) is 65.9 Å². The van der Waals surface area contributed by atoms with Gasteiger partial charge in [-0.15, -0.1) is 0 Å². The second-order valence-corrected chi connectivity index (χ2v) is 8.99. The first-order valence-corrected chi connectivity index (χ1v) is 11.9. The summed E-state index contributed by atoms with van der Waals surface area (Å²) >= 11 is 1.54. The lowest BCUT2D eigenvalue weighted by atomic mass is 10.0. The van der Waals surface area contributed by atoms with E-state index in [-0.39, 0.29) is 5.91 Å². The van der Waals surface area contributed by atoms with Crippen molar-refractivity contribution in [1.29, 1.82) is 0 Å². The van der Waals surface area contributed by atoms with Crippen molar-refractivity contribution in [2.75, 3.05) is 4.90 Å². The number of rotatable bonds is 7. The number of hydrogen-bond donors (Lipinski definition) is 0. The Labute approximate surface area is 197 Å². The number of carbonyl (C=O) groups is 1. The number of anilines is 1. The maximum absolute atomic E-state index is 13.6. The predicted octanol–water partition coefficient (Wildman–Crippen LogP) is 6.89. The molecule has 5 rings (SSSR count). The summed E-state index contributed by atoms with van der Waals surface area (Å²) in [5.41, 5.74) is 5.21. The summed E-state index contributed by atoms with van der Waals surface area (Å²) in [5.74, 6) is 0.630. The number of benzene rings is 3.